The molecule has 1 aromatic carbocycles. The smallest absolute Gasteiger partial charge is 0.290 e. The Kier molecular flexibility index (Phi) is 3.70. The van der Waals surface area contributed by atoms with E-state index in [9.17, 15) is 4.79 Å². The fraction of sp³-hybridized carbons (Fsp3) is 0.471. The van der Waals surface area contributed by atoms with Crippen LogP contribution >= 0.6 is 15.9 Å². The summed E-state index contributed by atoms with van der Waals surface area (Å²) in [7, 11) is 0. The van der Waals surface area contributed by atoms with Crippen LogP contribution in [0.4, 0.5) is 0 Å². The molecule has 0 aliphatic carbocycles. The maximum atomic E-state index is 13.2. The molecule has 5 nitrogen and oxygen atoms in total. The lowest BCUT2D eigenvalue weighted by Gasteiger charge is -2.43. The van der Waals surface area contributed by atoms with Crippen molar-refractivity contribution in [3.05, 3.63) is 34.0 Å². The van der Waals surface area contributed by atoms with Gasteiger partial charge in [0.15, 0.2) is 5.76 Å². The molecular weight excluding hydrogens is 362 g/mol. The highest BCUT2D eigenvalue weighted by Crippen LogP contribution is 2.35. The number of fused-ring (bicyclic) bond motifs is 1. The molecule has 0 saturated carbocycles. The normalized spacial score (nSPS) is 24.7. The summed E-state index contributed by atoms with van der Waals surface area (Å²) in [6.45, 7) is 4.78. The van der Waals surface area contributed by atoms with E-state index in [1.807, 2.05) is 30.0 Å². The van der Waals surface area contributed by atoms with Crippen LogP contribution in [0.3, 0.4) is 0 Å². The third-order valence-electron chi connectivity index (χ3n) is 4.84. The van der Waals surface area contributed by atoms with E-state index in [4.69, 9.17) is 13.9 Å². The number of furan rings is 1. The minimum Gasteiger partial charge on any atom is -0.449 e. The van der Waals surface area contributed by atoms with Crippen molar-refractivity contribution < 1.29 is 18.7 Å². The van der Waals surface area contributed by atoms with Crippen LogP contribution in [0.2, 0.25) is 0 Å². The Labute approximate surface area is 142 Å². The Balaban J connectivity index is 1.76. The fourth-order valence-electron chi connectivity index (χ4n) is 3.51. The van der Waals surface area contributed by atoms with Gasteiger partial charge in [-0.15, -0.1) is 0 Å². The molecule has 122 valence electrons. The van der Waals surface area contributed by atoms with Crippen molar-refractivity contribution in [2.24, 2.45) is 0 Å². The fourth-order valence-corrected chi connectivity index (χ4v) is 3.96. The summed E-state index contributed by atoms with van der Waals surface area (Å²) < 4.78 is 18.0. The number of halogens is 1. The SMILES string of the molecule is Cc1c(C(=O)N2CCOCC23CCOC3)oc2c(Br)cccc12. The van der Waals surface area contributed by atoms with Crippen LogP contribution in [-0.2, 0) is 9.47 Å². The molecule has 2 aliphatic heterocycles. The first kappa shape index (κ1) is 15.2. The number of benzene rings is 1. The quantitative estimate of drug-likeness (QED) is 0.763. The molecule has 4 rings (SSSR count). The molecule has 6 heteroatoms. The highest BCUT2D eigenvalue weighted by atomic mass is 79.9. The number of carbonyl (C=O) groups is 1. The van der Waals surface area contributed by atoms with E-state index in [-0.39, 0.29) is 11.4 Å². The third kappa shape index (κ3) is 2.31. The number of hydrogen-bond acceptors (Lipinski definition) is 4. The van der Waals surface area contributed by atoms with Crippen molar-refractivity contribution in [1.29, 1.82) is 0 Å². The first-order valence-electron chi connectivity index (χ1n) is 7.77. The van der Waals surface area contributed by atoms with Gasteiger partial charge in [0, 0.05) is 24.1 Å². The summed E-state index contributed by atoms with van der Waals surface area (Å²) in [6.07, 6.45) is 0.807. The van der Waals surface area contributed by atoms with Crippen molar-refractivity contribution in [1.82, 2.24) is 4.90 Å². The first-order valence-corrected chi connectivity index (χ1v) is 8.57. The van der Waals surface area contributed by atoms with Gasteiger partial charge in [-0.1, -0.05) is 12.1 Å². The van der Waals surface area contributed by atoms with Gasteiger partial charge in [-0.2, -0.15) is 0 Å². The van der Waals surface area contributed by atoms with Crippen LogP contribution < -0.4 is 0 Å². The molecule has 2 aromatic rings. The number of amides is 1. The molecular formula is C17H18BrNO4. The van der Waals surface area contributed by atoms with Gasteiger partial charge in [-0.3, -0.25) is 4.79 Å². The van der Waals surface area contributed by atoms with E-state index < -0.39 is 0 Å². The Morgan fingerprint density at radius 3 is 2.78 bits per heavy atom. The number of nitrogens with zero attached hydrogens (tertiary/aromatic N) is 1. The van der Waals surface area contributed by atoms with Gasteiger partial charge < -0.3 is 18.8 Å². The van der Waals surface area contributed by atoms with Crippen LogP contribution in [0.15, 0.2) is 27.1 Å². The van der Waals surface area contributed by atoms with Crippen molar-refractivity contribution in [3.63, 3.8) is 0 Å². The molecule has 1 aromatic heterocycles. The van der Waals surface area contributed by atoms with E-state index in [0.29, 0.717) is 38.7 Å². The summed E-state index contributed by atoms with van der Waals surface area (Å²) in [5.74, 6) is 0.347. The minimum absolute atomic E-state index is 0.0700. The molecule has 23 heavy (non-hydrogen) atoms. The molecule has 0 N–H and O–H groups in total. The van der Waals surface area contributed by atoms with Crippen molar-refractivity contribution >= 4 is 32.8 Å². The lowest BCUT2D eigenvalue weighted by Crippen LogP contribution is -2.59. The van der Waals surface area contributed by atoms with Gasteiger partial charge in [0.2, 0.25) is 0 Å². The van der Waals surface area contributed by atoms with E-state index in [1.54, 1.807) is 0 Å². The van der Waals surface area contributed by atoms with E-state index in [2.05, 4.69) is 15.9 Å². The molecule has 2 saturated heterocycles. The number of carbonyl (C=O) groups excluding carboxylic acids is 1. The van der Waals surface area contributed by atoms with Crippen LogP contribution in [0.1, 0.15) is 22.5 Å². The zero-order valence-corrected chi connectivity index (χ0v) is 14.5. The molecule has 3 heterocycles. The number of para-hydroxylation sites is 1. The van der Waals surface area contributed by atoms with E-state index >= 15 is 0 Å². The van der Waals surface area contributed by atoms with Crippen LogP contribution in [0.5, 0.6) is 0 Å². The number of hydrogen-bond donors (Lipinski definition) is 0. The second kappa shape index (κ2) is 5.61. The van der Waals surface area contributed by atoms with Crippen molar-refractivity contribution in [2.45, 2.75) is 18.9 Å². The number of rotatable bonds is 1. The largest absolute Gasteiger partial charge is 0.449 e. The highest BCUT2D eigenvalue weighted by Gasteiger charge is 2.46. The highest BCUT2D eigenvalue weighted by molar-refractivity contribution is 9.10. The second-order valence-electron chi connectivity index (χ2n) is 6.21. The third-order valence-corrected chi connectivity index (χ3v) is 5.46. The molecule has 1 unspecified atom stereocenters. The van der Waals surface area contributed by atoms with Crippen LogP contribution in [-0.4, -0.2) is 49.3 Å². The monoisotopic (exact) mass is 379 g/mol. The molecule has 0 bridgehead atoms. The second-order valence-corrected chi connectivity index (χ2v) is 7.06. The predicted molar refractivity (Wildman–Crippen MR) is 88.7 cm³/mol. The number of aryl methyl sites for hydroxylation is 1. The Morgan fingerprint density at radius 1 is 1.26 bits per heavy atom. The van der Waals surface area contributed by atoms with Gasteiger partial charge in [0.1, 0.15) is 5.58 Å². The standard InChI is InChI=1S/C17H18BrNO4/c1-11-12-3-2-4-13(18)15(12)23-14(11)16(20)19-6-8-22-10-17(19)5-7-21-9-17/h2-4H,5-10H2,1H3. The molecule has 0 radical (unpaired) electrons. The van der Waals surface area contributed by atoms with Crippen molar-refractivity contribution in [3.8, 4) is 0 Å². The van der Waals surface area contributed by atoms with Gasteiger partial charge in [-0.05, 0) is 35.3 Å². The maximum absolute atomic E-state index is 13.2. The van der Waals surface area contributed by atoms with E-state index in [0.717, 1.165) is 27.4 Å². The first-order chi connectivity index (χ1) is 11.1. The minimum atomic E-state index is -0.349. The number of ether oxygens (including phenoxy) is 2. The maximum Gasteiger partial charge on any atom is 0.290 e. The average Bonchev–Trinajstić information content (AvgIpc) is 3.14. The summed E-state index contributed by atoms with van der Waals surface area (Å²) in [4.78, 5) is 15.1. The average molecular weight is 380 g/mol. The summed E-state index contributed by atoms with van der Waals surface area (Å²) in [5.41, 5.74) is 1.25. The lowest BCUT2D eigenvalue weighted by atomic mass is 9.95. The molecule has 1 spiro atoms. The van der Waals surface area contributed by atoms with Crippen LogP contribution in [0.25, 0.3) is 11.0 Å². The molecule has 1 amide bonds. The summed E-state index contributed by atoms with van der Waals surface area (Å²) in [6, 6.07) is 5.84. The topological polar surface area (TPSA) is 51.9 Å². The zero-order valence-electron chi connectivity index (χ0n) is 12.9. The zero-order chi connectivity index (χ0) is 16.0. The van der Waals surface area contributed by atoms with Crippen molar-refractivity contribution in [2.75, 3.05) is 33.0 Å². The van der Waals surface area contributed by atoms with Gasteiger partial charge >= 0.3 is 0 Å². The van der Waals surface area contributed by atoms with Crippen LogP contribution in [0, 0.1) is 6.92 Å². The van der Waals surface area contributed by atoms with E-state index in [1.165, 1.54) is 0 Å². The van der Waals surface area contributed by atoms with Gasteiger partial charge in [-0.25, -0.2) is 0 Å². The summed E-state index contributed by atoms with van der Waals surface area (Å²) >= 11 is 3.49. The number of morpholine rings is 1. The predicted octanol–water partition coefficient (Wildman–Crippen LogP) is 3.14. The molecule has 2 aliphatic rings. The Morgan fingerprint density at radius 2 is 2.04 bits per heavy atom. The molecule has 1 atom stereocenters. The summed E-state index contributed by atoms with van der Waals surface area (Å²) in [5, 5.41) is 0.965. The molecule has 2 fully saturated rings. The lowest BCUT2D eigenvalue weighted by molar-refractivity contribution is -0.0561. The Bertz CT molecular complexity index is 763. The Hall–Kier alpha value is -1.37. The van der Waals surface area contributed by atoms with Gasteiger partial charge in [0.05, 0.1) is 29.8 Å². The van der Waals surface area contributed by atoms with Gasteiger partial charge in [0.25, 0.3) is 5.91 Å².